The van der Waals surface area contributed by atoms with Crippen LogP contribution in [0.3, 0.4) is 0 Å². The van der Waals surface area contributed by atoms with Gasteiger partial charge in [0.1, 0.15) is 11.5 Å². The molecule has 1 aliphatic carbocycles. The number of rotatable bonds is 4. The lowest BCUT2D eigenvalue weighted by Gasteiger charge is -2.18. The van der Waals surface area contributed by atoms with E-state index in [-0.39, 0.29) is 12.5 Å². The fraction of sp³-hybridized carbons (Fsp3) is 0.438. The van der Waals surface area contributed by atoms with Gasteiger partial charge in [-0.3, -0.25) is 9.48 Å². The molecular formula is C16H18ClN3O3S. The van der Waals surface area contributed by atoms with E-state index in [1.54, 1.807) is 6.20 Å². The van der Waals surface area contributed by atoms with Crippen LogP contribution in [0.1, 0.15) is 34.1 Å². The number of fused-ring (bicyclic) bond motifs is 1. The van der Waals surface area contributed by atoms with Crippen molar-refractivity contribution >= 4 is 39.8 Å². The van der Waals surface area contributed by atoms with Crippen LogP contribution in [0.15, 0.2) is 12.4 Å². The van der Waals surface area contributed by atoms with Gasteiger partial charge in [-0.2, -0.15) is 5.10 Å². The van der Waals surface area contributed by atoms with E-state index < -0.39 is 5.97 Å². The smallest absolute Gasteiger partial charge is 0.341 e. The molecule has 0 radical (unpaired) electrons. The van der Waals surface area contributed by atoms with Gasteiger partial charge in [-0.15, -0.1) is 11.3 Å². The van der Waals surface area contributed by atoms with Gasteiger partial charge < -0.3 is 10.1 Å². The van der Waals surface area contributed by atoms with E-state index in [9.17, 15) is 9.59 Å². The number of thiophene rings is 1. The summed E-state index contributed by atoms with van der Waals surface area (Å²) in [6, 6.07) is 0. The molecule has 8 heteroatoms. The third kappa shape index (κ3) is 3.47. The second-order valence-corrected chi connectivity index (χ2v) is 7.49. The largest absolute Gasteiger partial charge is 0.465 e. The second kappa shape index (κ2) is 6.94. The summed E-state index contributed by atoms with van der Waals surface area (Å²) in [7, 11) is 1.36. The fourth-order valence-electron chi connectivity index (χ4n) is 2.89. The number of carbonyl (C=O) groups is 2. The number of amides is 1. The zero-order chi connectivity index (χ0) is 17.3. The minimum absolute atomic E-state index is 0.0340. The van der Waals surface area contributed by atoms with E-state index in [0.717, 1.165) is 29.7 Å². The van der Waals surface area contributed by atoms with Crippen molar-refractivity contribution in [3.8, 4) is 0 Å². The number of hydrogen-bond donors (Lipinski definition) is 1. The molecule has 1 N–H and O–H groups in total. The first kappa shape index (κ1) is 17.0. The summed E-state index contributed by atoms with van der Waals surface area (Å²) in [5, 5.41) is 7.84. The topological polar surface area (TPSA) is 73.2 Å². The van der Waals surface area contributed by atoms with Gasteiger partial charge in [0.2, 0.25) is 5.91 Å². The first-order valence-electron chi connectivity index (χ1n) is 7.68. The van der Waals surface area contributed by atoms with E-state index in [0.29, 0.717) is 21.5 Å². The maximum atomic E-state index is 12.3. The SMILES string of the molecule is COC(=O)c1c(NC(=O)Cn2cc(Cl)cn2)sc2c1CC[C@@H](C)C2. The number of nitrogens with one attached hydrogen (secondary N) is 1. The predicted molar refractivity (Wildman–Crippen MR) is 92.7 cm³/mol. The van der Waals surface area contributed by atoms with Crippen LogP contribution in [0, 0.1) is 5.92 Å². The van der Waals surface area contributed by atoms with Gasteiger partial charge in [-0.1, -0.05) is 18.5 Å². The molecule has 0 spiro atoms. The van der Waals surface area contributed by atoms with Crippen LogP contribution in [-0.2, 0) is 28.9 Å². The summed E-state index contributed by atoms with van der Waals surface area (Å²) >= 11 is 7.26. The lowest BCUT2D eigenvalue weighted by atomic mass is 9.88. The van der Waals surface area contributed by atoms with E-state index in [2.05, 4.69) is 17.3 Å². The van der Waals surface area contributed by atoms with Gasteiger partial charge in [0, 0.05) is 11.1 Å². The average molecular weight is 368 g/mol. The molecule has 2 heterocycles. The Morgan fingerprint density at radius 2 is 2.33 bits per heavy atom. The molecule has 0 bridgehead atoms. The van der Waals surface area contributed by atoms with Crippen molar-refractivity contribution in [3.05, 3.63) is 33.4 Å². The summed E-state index contributed by atoms with van der Waals surface area (Å²) < 4.78 is 6.36. The molecule has 0 aliphatic heterocycles. The Morgan fingerprint density at radius 3 is 3.00 bits per heavy atom. The Kier molecular flexibility index (Phi) is 4.91. The highest BCUT2D eigenvalue weighted by molar-refractivity contribution is 7.17. The minimum Gasteiger partial charge on any atom is -0.465 e. The molecule has 128 valence electrons. The van der Waals surface area contributed by atoms with Crippen molar-refractivity contribution in [3.63, 3.8) is 0 Å². The number of carbonyl (C=O) groups excluding carboxylic acids is 2. The molecular weight excluding hydrogens is 350 g/mol. The van der Waals surface area contributed by atoms with Crippen molar-refractivity contribution in [2.24, 2.45) is 5.92 Å². The van der Waals surface area contributed by atoms with Gasteiger partial charge in [0.05, 0.1) is 23.9 Å². The molecule has 1 aliphatic rings. The number of nitrogens with zero attached hydrogens (tertiary/aromatic N) is 2. The highest BCUT2D eigenvalue weighted by Gasteiger charge is 2.28. The van der Waals surface area contributed by atoms with Crippen molar-refractivity contribution in [2.45, 2.75) is 32.7 Å². The van der Waals surface area contributed by atoms with E-state index in [1.165, 1.54) is 29.3 Å². The Hall–Kier alpha value is -1.86. The summed E-state index contributed by atoms with van der Waals surface area (Å²) in [4.78, 5) is 25.6. The van der Waals surface area contributed by atoms with Gasteiger partial charge in [-0.25, -0.2) is 4.79 Å². The average Bonchev–Trinajstić information content (AvgIpc) is 3.09. The Balaban J connectivity index is 1.84. The fourth-order valence-corrected chi connectivity index (χ4v) is 4.47. The van der Waals surface area contributed by atoms with Gasteiger partial charge in [-0.05, 0) is 30.7 Å². The Bertz CT molecular complexity index is 784. The van der Waals surface area contributed by atoms with Crippen LogP contribution in [0.25, 0.3) is 0 Å². The highest BCUT2D eigenvalue weighted by Crippen LogP contribution is 2.40. The molecule has 0 fully saturated rings. The standard InChI is InChI=1S/C16H18ClN3O3S/c1-9-3-4-11-12(5-9)24-15(14(11)16(22)23-2)19-13(21)8-20-7-10(17)6-18-20/h6-7,9H,3-5,8H2,1-2H3,(H,19,21)/t9-/m1/s1. The molecule has 6 nitrogen and oxygen atoms in total. The van der Waals surface area contributed by atoms with Crippen molar-refractivity contribution in [1.82, 2.24) is 9.78 Å². The van der Waals surface area contributed by atoms with Gasteiger partial charge in [0.15, 0.2) is 0 Å². The van der Waals surface area contributed by atoms with Crippen LogP contribution < -0.4 is 5.32 Å². The van der Waals surface area contributed by atoms with E-state index in [4.69, 9.17) is 16.3 Å². The molecule has 2 aromatic rings. The maximum Gasteiger partial charge on any atom is 0.341 e. The summed E-state index contributed by atoms with van der Waals surface area (Å²) in [5.41, 5.74) is 1.51. The zero-order valence-corrected chi connectivity index (χ0v) is 15.0. The summed E-state index contributed by atoms with van der Waals surface area (Å²) in [6.07, 6.45) is 5.84. The van der Waals surface area contributed by atoms with Crippen LogP contribution in [0.2, 0.25) is 5.02 Å². The molecule has 24 heavy (non-hydrogen) atoms. The quantitative estimate of drug-likeness (QED) is 0.842. The number of hydrogen-bond acceptors (Lipinski definition) is 5. The van der Waals surface area contributed by atoms with Crippen LogP contribution >= 0.6 is 22.9 Å². The molecule has 0 saturated carbocycles. The van der Waals surface area contributed by atoms with Crippen molar-refractivity contribution < 1.29 is 14.3 Å². The monoisotopic (exact) mass is 367 g/mol. The highest BCUT2D eigenvalue weighted by atomic mass is 35.5. The molecule has 0 saturated heterocycles. The molecule has 3 rings (SSSR count). The number of methoxy groups -OCH3 is 1. The lowest BCUT2D eigenvalue weighted by Crippen LogP contribution is -2.20. The Morgan fingerprint density at radius 1 is 1.54 bits per heavy atom. The number of anilines is 1. The molecule has 1 amide bonds. The number of ether oxygens (including phenoxy) is 1. The van der Waals surface area contributed by atoms with Gasteiger partial charge >= 0.3 is 5.97 Å². The maximum absolute atomic E-state index is 12.3. The second-order valence-electron chi connectivity index (χ2n) is 5.95. The summed E-state index contributed by atoms with van der Waals surface area (Å²) in [6.45, 7) is 2.23. The first-order chi connectivity index (χ1) is 11.5. The van der Waals surface area contributed by atoms with Crippen molar-refractivity contribution in [1.29, 1.82) is 0 Å². The van der Waals surface area contributed by atoms with E-state index in [1.807, 2.05) is 0 Å². The molecule has 0 aromatic carbocycles. The first-order valence-corrected chi connectivity index (χ1v) is 8.88. The van der Waals surface area contributed by atoms with E-state index >= 15 is 0 Å². The molecule has 2 aromatic heterocycles. The molecule has 0 unspecified atom stereocenters. The van der Waals surface area contributed by atoms with Crippen LogP contribution in [0.4, 0.5) is 5.00 Å². The number of aromatic nitrogens is 2. The predicted octanol–water partition coefficient (Wildman–Crippen LogP) is 3.15. The third-order valence-electron chi connectivity index (χ3n) is 4.06. The van der Waals surface area contributed by atoms with Crippen LogP contribution in [0.5, 0.6) is 0 Å². The number of esters is 1. The zero-order valence-electron chi connectivity index (χ0n) is 13.5. The normalized spacial score (nSPS) is 16.5. The Labute approximate surface area is 148 Å². The molecule has 1 atom stereocenters. The van der Waals surface area contributed by atoms with Crippen molar-refractivity contribution in [2.75, 3.05) is 12.4 Å². The lowest BCUT2D eigenvalue weighted by molar-refractivity contribution is -0.116. The van der Waals surface area contributed by atoms with Crippen LogP contribution in [-0.4, -0.2) is 28.8 Å². The number of halogens is 1. The van der Waals surface area contributed by atoms with Gasteiger partial charge in [0.25, 0.3) is 0 Å². The minimum atomic E-state index is -0.403. The third-order valence-corrected chi connectivity index (χ3v) is 5.43. The summed E-state index contributed by atoms with van der Waals surface area (Å²) in [5.74, 6) is -0.0810.